The Morgan fingerprint density at radius 3 is 1.59 bits per heavy atom. The standard InChI is InChI=1S/C52H71N9O18S/c62-42(27-60(18-16-53-25-44(65)66)20-21-61(28-46(69)70)19-17-54-26-45(67)68)55-24-31-12-14-32(15-13-31)47(71)56-39(23-37-35-8-3-1-6-33(35)22-34-7-2-4-9-36(34)37)48(72)57-40(50(75)76)29-80-30-41(51(77)78)59-52(79)58-38(49(73)74)10-5-11-43(63)64/h1-4,6-9,22,31-32,38-41,53-54H,5,10-21,23-30H2,(H,55,62)(H,56,71)(H,57,72)(H,63,64)(H,65,66)(H,67,68)(H,69,70)(H,73,74)(H,75,76)(H,77,78)(H2,58,59,79)/t31?,32?,38-,39-,40+,41-/m0/s1. The Hall–Kier alpha value is -7.66. The van der Waals surface area contributed by atoms with Gasteiger partial charge in [0.1, 0.15) is 24.2 Å². The molecule has 0 saturated heterocycles. The summed E-state index contributed by atoms with van der Waals surface area (Å²) in [6.45, 7) is 0.519. The van der Waals surface area contributed by atoms with Crippen molar-refractivity contribution in [2.24, 2.45) is 11.8 Å². The van der Waals surface area contributed by atoms with Gasteiger partial charge in [-0.15, -0.1) is 0 Å². The molecule has 0 spiro atoms. The van der Waals surface area contributed by atoms with Crippen LogP contribution in [0.25, 0.3) is 21.5 Å². The second-order valence-electron chi connectivity index (χ2n) is 19.3. The van der Waals surface area contributed by atoms with E-state index in [4.69, 9.17) is 15.3 Å². The normalized spacial score (nSPS) is 15.7. The summed E-state index contributed by atoms with van der Waals surface area (Å²) in [6.07, 6.45) is 1.02. The van der Waals surface area contributed by atoms with Gasteiger partial charge in [0.05, 0.1) is 26.2 Å². The van der Waals surface area contributed by atoms with Gasteiger partial charge in [0.15, 0.2) is 0 Å². The zero-order valence-electron chi connectivity index (χ0n) is 43.9. The number of nitrogens with zero attached hydrogens (tertiary/aromatic N) is 2. The van der Waals surface area contributed by atoms with E-state index >= 15 is 0 Å². The first-order chi connectivity index (χ1) is 38.1. The molecule has 80 heavy (non-hydrogen) atoms. The van der Waals surface area contributed by atoms with E-state index in [0.717, 1.165) is 33.3 Å². The number of fused-ring (bicyclic) bond motifs is 2. The van der Waals surface area contributed by atoms with Gasteiger partial charge in [-0.2, -0.15) is 11.8 Å². The van der Waals surface area contributed by atoms with Gasteiger partial charge in [0.2, 0.25) is 17.7 Å². The first kappa shape index (κ1) is 64.9. The van der Waals surface area contributed by atoms with Crippen LogP contribution in [0.1, 0.15) is 50.5 Å². The number of carboxylic acids is 7. The summed E-state index contributed by atoms with van der Waals surface area (Å²) in [4.78, 5) is 139. The van der Waals surface area contributed by atoms with Crippen molar-refractivity contribution in [1.29, 1.82) is 0 Å². The number of benzene rings is 3. The van der Waals surface area contributed by atoms with E-state index in [9.17, 15) is 73.2 Å². The fourth-order valence-corrected chi connectivity index (χ4v) is 10.1. The van der Waals surface area contributed by atoms with Crippen LogP contribution in [0, 0.1) is 11.8 Å². The Labute approximate surface area is 463 Å². The number of urea groups is 1. The molecule has 0 aliphatic heterocycles. The van der Waals surface area contributed by atoms with E-state index in [1.54, 1.807) is 9.80 Å². The van der Waals surface area contributed by atoms with E-state index in [1.165, 1.54) is 0 Å². The molecular formula is C52H71N9O18S. The van der Waals surface area contributed by atoms with Gasteiger partial charge in [-0.05, 0) is 77.6 Å². The third-order valence-electron chi connectivity index (χ3n) is 13.2. The number of nitrogens with one attached hydrogen (secondary N) is 7. The quantitative estimate of drug-likeness (QED) is 0.0260. The zero-order chi connectivity index (χ0) is 58.7. The maximum Gasteiger partial charge on any atom is 0.327 e. The van der Waals surface area contributed by atoms with Crippen molar-refractivity contribution in [3.05, 3.63) is 60.2 Å². The van der Waals surface area contributed by atoms with Crippen LogP contribution in [0.15, 0.2) is 54.6 Å². The number of carboxylic acid groups (broad SMARTS) is 7. The number of amides is 5. The second-order valence-corrected chi connectivity index (χ2v) is 20.4. The van der Waals surface area contributed by atoms with Crippen molar-refractivity contribution in [1.82, 2.24) is 47.0 Å². The predicted molar refractivity (Wildman–Crippen MR) is 290 cm³/mol. The minimum atomic E-state index is -1.65. The Morgan fingerprint density at radius 1 is 0.562 bits per heavy atom. The highest BCUT2D eigenvalue weighted by Gasteiger charge is 2.33. The molecule has 1 fully saturated rings. The smallest absolute Gasteiger partial charge is 0.327 e. The van der Waals surface area contributed by atoms with E-state index in [0.29, 0.717) is 31.2 Å². The van der Waals surface area contributed by atoms with Crippen molar-refractivity contribution in [3.8, 4) is 0 Å². The van der Waals surface area contributed by atoms with Gasteiger partial charge in [0.25, 0.3) is 0 Å². The summed E-state index contributed by atoms with van der Waals surface area (Å²) < 4.78 is 0. The second kappa shape index (κ2) is 33.7. The van der Waals surface area contributed by atoms with Crippen LogP contribution < -0.4 is 37.2 Å². The number of hydrogen-bond acceptors (Lipinski definition) is 16. The average molecular weight is 1140 g/mol. The minimum Gasteiger partial charge on any atom is -0.481 e. The predicted octanol–water partition coefficient (Wildman–Crippen LogP) is -0.257. The Balaban J connectivity index is 1.42. The maximum absolute atomic E-state index is 14.4. The number of hydrogen-bond donors (Lipinski definition) is 14. The molecular weight excluding hydrogens is 1070 g/mol. The molecule has 0 radical (unpaired) electrons. The summed E-state index contributed by atoms with van der Waals surface area (Å²) in [6, 6.07) is 9.61. The highest BCUT2D eigenvalue weighted by Crippen LogP contribution is 2.31. The molecule has 1 aliphatic rings. The lowest BCUT2D eigenvalue weighted by molar-refractivity contribution is -0.141. The summed E-state index contributed by atoms with van der Waals surface area (Å²) in [5.74, 6) is -12.0. The van der Waals surface area contributed by atoms with Crippen molar-refractivity contribution in [2.45, 2.75) is 75.5 Å². The molecule has 0 aromatic heterocycles. The molecule has 4 rings (SSSR count). The third kappa shape index (κ3) is 23.4. The SMILES string of the molecule is O=C(O)CCC[C@H](NC(=O)N[C@@H](CSC[C@@H](NC(=O)[C@H](Cc1c2ccccc2cc2ccccc12)NC(=O)C1CCC(CNC(=O)CN(CCNCC(=O)O)CCN(CCNCC(=O)O)CC(=O)O)CC1)C(=O)O)C(=O)O)C(=O)O. The number of carbonyl (C=O) groups excluding carboxylic acids is 4. The van der Waals surface area contributed by atoms with Gasteiger partial charge in [0, 0.05) is 76.1 Å². The first-order valence-electron chi connectivity index (χ1n) is 25.9. The summed E-state index contributed by atoms with van der Waals surface area (Å²) in [5, 5.41) is 87.2. The number of thioether (sulfide) groups is 1. The Kier molecular flexibility index (Phi) is 27.3. The van der Waals surface area contributed by atoms with Crippen LogP contribution in [0.3, 0.4) is 0 Å². The molecule has 0 unspecified atom stereocenters. The maximum atomic E-state index is 14.4. The topological polar surface area (TPSA) is 420 Å². The average Bonchev–Trinajstić information content (AvgIpc) is 3.46. The lowest BCUT2D eigenvalue weighted by Gasteiger charge is -2.30. The first-order valence-corrected chi connectivity index (χ1v) is 27.1. The van der Waals surface area contributed by atoms with E-state index in [2.05, 4.69) is 37.2 Å². The van der Waals surface area contributed by atoms with Gasteiger partial charge >= 0.3 is 47.8 Å². The lowest BCUT2D eigenvalue weighted by atomic mass is 9.81. The van der Waals surface area contributed by atoms with Crippen LogP contribution in [0.5, 0.6) is 0 Å². The summed E-state index contributed by atoms with van der Waals surface area (Å²) in [5.41, 5.74) is 0.707. The van der Waals surface area contributed by atoms with Gasteiger partial charge in [-0.3, -0.25) is 43.4 Å². The number of rotatable bonds is 38. The zero-order valence-corrected chi connectivity index (χ0v) is 44.7. The Morgan fingerprint density at radius 2 is 1.07 bits per heavy atom. The lowest BCUT2D eigenvalue weighted by Crippen LogP contribution is -2.54. The van der Waals surface area contributed by atoms with Crippen LogP contribution in [-0.2, 0) is 54.4 Å². The fourth-order valence-electron chi connectivity index (χ4n) is 9.05. The minimum absolute atomic E-state index is 0.0320. The summed E-state index contributed by atoms with van der Waals surface area (Å²) >= 11 is 0.758. The Bertz CT molecular complexity index is 2600. The molecule has 14 N–H and O–H groups in total. The summed E-state index contributed by atoms with van der Waals surface area (Å²) in [7, 11) is 0. The third-order valence-corrected chi connectivity index (χ3v) is 14.4. The van der Waals surface area contributed by atoms with E-state index < -0.39 is 101 Å². The van der Waals surface area contributed by atoms with Gasteiger partial charge in [-0.1, -0.05) is 48.5 Å². The molecule has 27 nitrogen and oxygen atoms in total. The highest BCUT2D eigenvalue weighted by molar-refractivity contribution is 7.99. The van der Waals surface area contributed by atoms with Crippen LogP contribution in [-0.4, -0.2) is 219 Å². The van der Waals surface area contributed by atoms with Crippen LogP contribution in [0.4, 0.5) is 4.79 Å². The number of carbonyl (C=O) groups is 11. The van der Waals surface area contributed by atoms with Crippen LogP contribution >= 0.6 is 11.8 Å². The van der Waals surface area contributed by atoms with Crippen molar-refractivity contribution in [3.63, 3.8) is 0 Å². The molecule has 0 heterocycles. The molecule has 28 heteroatoms. The fraction of sp³-hybridized carbons (Fsp3) is 0.519. The van der Waals surface area contributed by atoms with Crippen LogP contribution in [0.2, 0.25) is 0 Å². The van der Waals surface area contributed by atoms with E-state index in [1.807, 2.05) is 54.6 Å². The molecule has 5 amide bonds. The monoisotopic (exact) mass is 1140 g/mol. The van der Waals surface area contributed by atoms with Crippen molar-refractivity contribution in [2.75, 3.05) is 83.5 Å². The van der Waals surface area contributed by atoms with Gasteiger partial charge in [-0.25, -0.2) is 19.2 Å². The molecule has 1 aliphatic carbocycles. The molecule has 4 atom stereocenters. The highest BCUT2D eigenvalue weighted by atomic mass is 32.2. The molecule has 3 aromatic rings. The molecule has 3 aromatic carbocycles. The molecule has 0 bridgehead atoms. The molecule has 438 valence electrons. The van der Waals surface area contributed by atoms with E-state index in [-0.39, 0.29) is 110 Å². The van der Waals surface area contributed by atoms with Crippen molar-refractivity contribution >= 4 is 98.8 Å². The van der Waals surface area contributed by atoms with Crippen molar-refractivity contribution < 1.29 is 88.5 Å². The van der Waals surface area contributed by atoms with Gasteiger partial charge < -0.3 is 73.0 Å². The largest absolute Gasteiger partial charge is 0.481 e. The molecule has 1 saturated carbocycles. The number of aliphatic carboxylic acids is 7.